The van der Waals surface area contributed by atoms with Crippen molar-refractivity contribution in [3.05, 3.63) is 71.8 Å². The molecule has 5 aliphatic carbocycles. The van der Waals surface area contributed by atoms with Crippen LogP contribution in [0.25, 0.3) is 0 Å². The highest BCUT2D eigenvalue weighted by Crippen LogP contribution is 2.93. The second-order valence-corrected chi connectivity index (χ2v) is 14.1. The molecule has 0 amide bonds. The van der Waals surface area contributed by atoms with Crippen LogP contribution in [0.5, 0.6) is 0 Å². The summed E-state index contributed by atoms with van der Waals surface area (Å²) in [5.74, 6) is 6.71. The highest BCUT2D eigenvalue weighted by atomic mass is 16.6. The van der Waals surface area contributed by atoms with Crippen molar-refractivity contribution in [3.63, 3.8) is 0 Å². The minimum Gasteiger partial charge on any atom is -0.378 e. The maximum absolute atomic E-state index is 7.74. The molecule has 2 aromatic rings. The Balaban J connectivity index is 1.04. The van der Waals surface area contributed by atoms with E-state index < -0.39 is 0 Å². The molecule has 3 saturated heterocycles. The van der Waals surface area contributed by atoms with Crippen LogP contribution in [-0.4, -0.2) is 86.8 Å². The van der Waals surface area contributed by atoms with Crippen molar-refractivity contribution in [1.82, 2.24) is 9.80 Å². The number of rotatable bonds is 4. The fourth-order valence-corrected chi connectivity index (χ4v) is 11.7. The highest BCUT2D eigenvalue weighted by Gasteiger charge is 2.96. The van der Waals surface area contributed by atoms with Crippen molar-refractivity contribution in [2.45, 2.75) is 30.7 Å². The Labute approximate surface area is 244 Å². The number of nitrogens with zero attached hydrogens (tertiary/aromatic N) is 2. The summed E-state index contributed by atoms with van der Waals surface area (Å²) in [6.07, 6.45) is 1.48. The molecule has 41 heavy (non-hydrogen) atoms. The third-order valence-corrected chi connectivity index (χ3v) is 12.4. The topological polar surface area (TPSA) is 43.4 Å². The number of benzene rings is 2. The molecule has 2 spiro atoms. The van der Waals surface area contributed by atoms with Gasteiger partial charge < -0.3 is 18.9 Å². The molecule has 10 rings (SSSR count). The van der Waals surface area contributed by atoms with Gasteiger partial charge in [0.2, 0.25) is 0 Å². The van der Waals surface area contributed by atoms with E-state index in [1.54, 1.807) is 0 Å². The Morgan fingerprint density at radius 3 is 1.46 bits per heavy atom. The first-order chi connectivity index (χ1) is 20.3. The SMILES string of the molecule is c1ccc(CN2CCOCCOCCOCCN(Cc3ccccc3)CC34OC5(C2)C2C6CC(C7C6C5C73)C24)cc1. The van der Waals surface area contributed by atoms with Crippen LogP contribution in [0.4, 0.5) is 0 Å². The molecule has 3 heterocycles. The molecule has 218 valence electrons. The Morgan fingerprint density at radius 2 is 1.00 bits per heavy atom. The van der Waals surface area contributed by atoms with Gasteiger partial charge >= 0.3 is 0 Å². The molecule has 0 N–H and O–H groups in total. The maximum atomic E-state index is 7.74. The van der Waals surface area contributed by atoms with E-state index in [9.17, 15) is 0 Å². The van der Waals surface area contributed by atoms with Crippen LogP contribution in [0.2, 0.25) is 0 Å². The predicted molar refractivity (Wildman–Crippen MR) is 155 cm³/mol. The van der Waals surface area contributed by atoms with E-state index in [0.717, 1.165) is 99.8 Å². The Kier molecular flexibility index (Phi) is 6.18. The van der Waals surface area contributed by atoms with Gasteiger partial charge in [0.25, 0.3) is 0 Å². The molecular formula is C35H44N2O4. The summed E-state index contributed by atoms with van der Waals surface area (Å²) in [6.45, 7) is 9.91. The zero-order valence-corrected chi connectivity index (χ0v) is 24.1. The van der Waals surface area contributed by atoms with Crippen LogP contribution in [-0.2, 0) is 32.0 Å². The van der Waals surface area contributed by atoms with Crippen LogP contribution in [0.1, 0.15) is 17.5 Å². The zero-order chi connectivity index (χ0) is 27.0. The molecule has 10 unspecified atom stereocenters. The molecule has 0 aromatic heterocycles. The lowest BCUT2D eigenvalue weighted by molar-refractivity contribution is -0.102. The Morgan fingerprint density at radius 1 is 0.561 bits per heavy atom. The molecule has 6 nitrogen and oxygen atoms in total. The van der Waals surface area contributed by atoms with Crippen molar-refractivity contribution in [1.29, 1.82) is 0 Å². The van der Waals surface area contributed by atoms with Gasteiger partial charge in [-0.25, -0.2) is 0 Å². The monoisotopic (exact) mass is 556 g/mol. The summed E-state index contributed by atoms with van der Waals surface area (Å²) in [7, 11) is 0. The molecule has 8 aliphatic rings. The molecule has 10 atom stereocenters. The van der Waals surface area contributed by atoms with Crippen molar-refractivity contribution in [3.8, 4) is 0 Å². The second-order valence-electron chi connectivity index (χ2n) is 14.1. The van der Waals surface area contributed by atoms with Gasteiger partial charge in [-0.3, -0.25) is 9.80 Å². The van der Waals surface area contributed by atoms with Gasteiger partial charge in [-0.05, 0) is 64.9 Å². The fourth-order valence-electron chi connectivity index (χ4n) is 11.7. The first-order valence-corrected chi connectivity index (χ1v) is 16.2. The van der Waals surface area contributed by atoms with Crippen molar-refractivity contribution >= 4 is 0 Å². The van der Waals surface area contributed by atoms with Gasteiger partial charge in [0, 0.05) is 39.3 Å². The number of hydrogen-bond donors (Lipinski definition) is 0. The van der Waals surface area contributed by atoms with Gasteiger partial charge in [-0.1, -0.05) is 60.7 Å². The molecule has 8 fully saturated rings. The largest absolute Gasteiger partial charge is 0.378 e. The minimum absolute atomic E-state index is 0.0324. The average molecular weight is 557 g/mol. The maximum Gasteiger partial charge on any atom is 0.0886 e. The summed E-state index contributed by atoms with van der Waals surface area (Å²) >= 11 is 0. The van der Waals surface area contributed by atoms with Gasteiger partial charge in [-0.15, -0.1) is 0 Å². The van der Waals surface area contributed by atoms with Crippen molar-refractivity contribution < 1.29 is 18.9 Å². The lowest BCUT2D eigenvalue weighted by atomic mass is 9.54. The third-order valence-electron chi connectivity index (χ3n) is 12.4. The summed E-state index contributed by atoms with van der Waals surface area (Å²) in [4.78, 5) is 5.35. The summed E-state index contributed by atoms with van der Waals surface area (Å²) in [5, 5.41) is 0. The molecule has 4 bridgehead atoms. The molecule has 3 aliphatic heterocycles. The number of hydrogen-bond acceptors (Lipinski definition) is 6. The first-order valence-electron chi connectivity index (χ1n) is 16.2. The van der Waals surface area contributed by atoms with E-state index in [1.165, 1.54) is 17.5 Å². The van der Waals surface area contributed by atoms with Gasteiger partial charge in [-0.2, -0.15) is 0 Å². The van der Waals surface area contributed by atoms with E-state index >= 15 is 0 Å². The smallest absolute Gasteiger partial charge is 0.0886 e. The van der Waals surface area contributed by atoms with Crippen LogP contribution in [0.15, 0.2) is 60.7 Å². The predicted octanol–water partition coefficient (Wildman–Crippen LogP) is 3.95. The molecule has 2 aromatic carbocycles. The fraction of sp³-hybridized carbons (Fsp3) is 0.657. The van der Waals surface area contributed by atoms with E-state index in [2.05, 4.69) is 70.5 Å². The minimum atomic E-state index is 0.0324. The standard InChI is InChI=1S/C35H44N2O4/c1-3-7-24(8-4-1)20-36-11-13-38-15-17-40-18-16-39-14-12-37(21-25-9-5-2-6-10-25)23-35-31-27-19-26-28-29(27)33(35)32(28)34(22-36,41-35)30(26)31/h1-10,26-33H,11-23H2. The van der Waals surface area contributed by atoms with E-state index in [-0.39, 0.29) is 11.2 Å². The van der Waals surface area contributed by atoms with Crippen molar-refractivity contribution in [2.24, 2.45) is 47.3 Å². The van der Waals surface area contributed by atoms with E-state index in [1.807, 2.05) is 0 Å². The first kappa shape index (κ1) is 25.7. The van der Waals surface area contributed by atoms with Crippen molar-refractivity contribution in [2.75, 3.05) is 65.8 Å². The van der Waals surface area contributed by atoms with Gasteiger partial charge in [0.1, 0.15) is 0 Å². The second kappa shape index (κ2) is 9.87. The zero-order valence-electron chi connectivity index (χ0n) is 24.1. The summed E-state index contributed by atoms with van der Waals surface area (Å²) in [6, 6.07) is 22.0. The third kappa shape index (κ3) is 3.71. The highest BCUT2D eigenvalue weighted by molar-refractivity contribution is 5.44. The number of ether oxygens (including phenoxy) is 4. The van der Waals surface area contributed by atoms with E-state index in [0.29, 0.717) is 26.4 Å². The van der Waals surface area contributed by atoms with Crippen LogP contribution in [0, 0.1) is 47.3 Å². The van der Waals surface area contributed by atoms with E-state index in [4.69, 9.17) is 18.9 Å². The Bertz CT molecular complexity index is 1150. The average Bonchev–Trinajstić information content (AvgIpc) is 3.65. The quantitative estimate of drug-likeness (QED) is 0.569. The molecule has 5 saturated carbocycles. The van der Waals surface area contributed by atoms with Crippen LogP contribution in [0.3, 0.4) is 0 Å². The summed E-state index contributed by atoms with van der Waals surface area (Å²) in [5.41, 5.74) is 2.84. The normalized spacial score (nSPS) is 45.3. The molecule has 0 radical (unpaired) electrons. The lowest BCUT2D eigenvalue weighted by Gasteiger charge is -2.49. The summed E-state index contributed by atoms with van der Waals surface area (Å²) < 4.78 is 25.7. The molecule has 6 heteroatoms. The molecular weight excluding hydrogens is 512 g/mol. The lowest BCUT2D eigenvalue weighted by Crippen LogP contribution is -2.57. The van der Waals surface area contributed by atoms with Crippen LogP contribution < -0.4 is 0 Å². The Hall–Kier alpha value is -1.80. The van der Waals surface area contributed by atoms with Gasteiger partial charge in [0.15, 0.2) is 0 Å². The van der Waals surface area contributed by atoms with Gasteiger partial charge in [0.05, 0.1) is 50.8 Å². The van der Waals surface area contributed by atoms with Crippen LogP contribution >= 0.6 is 0 Å².